The fourth-order valence-corrected chi connectivity index (χ4v) is 3.10. The normalized spacial score (nSPS) is 27.8. The van der Waals surface area contributed by atoms with Crippen LogP contribution >= 0.6 is 0 Å². The average Bonchev–Trinajstić information content (AvgIpc) is 3.20. The van der Waals surface area contributed by atoms with Gasteiger partial charge < -0.3 is 10.2 Å². The van der Waals surface area contributed by atoms with E-state index < -0.39 is 0 Å². The minimum absolute atomic E-state index is 0.133. The number of para-hydroxylation sites is 1. The Morgan fingerprint density at radius 2 is 2.17 bits per heavy atom. The van der Waals surface area contributed by atoms with Gasteiger partial charge in [0.25, 0.3) is 0 Å². The molecule has 0 amide bonds. The van der Waals surface area contributed by atoms with Gasteiger partial charge >= 0.3 is 0 Å². The summed E-state index contributed by atoms with van der Waals surface area (Å²) in [6.45, 7) is 4.32. The van der Waals surface area contributed by atoms with Crippen molar-refractivity contribution in [2.24, 2.45) is 5.92 Å². The highest BCUT2D eigenvalue weighted by Gasteiger charge is 2.43. The standard InChI is InChI=1S/C15H21FN2/c1-15(13-6-7-13)11-18(9-8-16)14-5-3-2-4-12(14)10-17-15/h2-5,13,17H,6-11H2,1H3. The van der Waals surface area contributed by atoms with E-state index in [-0.39, 0.29) is 12.2 Å². The molecule has 0 aromatic heterocycles. The van der Waals surface area contributed by atoms with Crippen LogP contribution < -0.4 is 10.2 Å². The molecule has 3 heteroatoms. The molecular weight excluding hydrogens is 227 g/mol. The van der Waals surface area contributed by atoms with Gasteiger partial charge in [-0.3, -0.25) is 0 Å². The van der Waals surface area contributed by atoms with Gasteiger partial charge in [-0.05, 0) is 37.3 Å². The second-order valence-corrected chi connectivity index (χ2v) is 5.78. The third-order valence-corrected chi connectivity index (χ3v) is 4.37. The van der Waals surface area contributed by atoms with Crippen LogP contribution in [0.3, 0.4) is 0 Å². The van der Waals surface area contributed by atoms with Crippen LogP contribution in [0.25, 0.3) is 0 Å². The number of hydrogen-bond acceptors (Lipinski definition) is 2. The molecule has 0 saturated heterocycles. The fraction of sp³-hybridized carbons (Fsp3) is 0.600. The van der Waals surface area contributed by atoms with E-state index in [1.807, 2.05) is 6.07 Å². The van der Waals surface area contributed by atoms with Crippen LogP contribution in [0.5, 0.6) is 0 Å². The van der Waals surface area contributed by atoms with Crippen LogP contribution in [0.1, 0.15) is 25.3 Å². The molecule has 0 radical (unpaired) electrons. The molecule has 0 bridgehead atoms. The SMILES string of the molecule is CC1(C2CC2)CN(CCF)c2ccccc2CN1. The number of nitrogens with one attached hydrogen (secondary N) is 1. The zero-order valence-electron chi connectivity index (χ0n) is 11.0. The van der Waals surface area contributed by atoms with Gasteiger partial charge in [0.2, 0.25) is 0 Å². The van der Waals surface area contributed by atoms with Crippen LogP contribution in [0.2, 0.25) is 0 Å². The minimum atomic E-state index is -0.283. The molecule has 1 fully saturated rings. The van der Waals surface area contributed by atoms with Crippen molar-refractivity contribution < 1.29 is 4.39 Å². The molecule has 1 aliphatic carbocycles. The summed E-state index contributed by atoms with van der Waals surface area (Å²) in [4.78, 5) is 2.22. The first-order chi connectivity index (χ1) is 8.73. The minimum Gasteiger partial charge on any atom is -0.367 e. The number of alkyl halides is 1. The second-order valence-electron chi connectivity index (χ2n) is 5.78. The lowest BCUT2D eigenvalue weighted by atomic mass is 9.95. The number of anilines is 1. The summed E-state index contributed by atoms with van der Waals surface area (Å²) >= 11 is 0. The van der Waals surface area contributed by atoms with Crippen molar-refractivity contribution in [3.63, 3.8) is 0 Å². The van der Waals surface area contributed by atoms with Crippen molar-refractivity contribution in [2.75, 3.05) is 24.7 Å². The summed E-state index contributed by atoms with van der Waals surface area (Å²) in [5.74, 6) is 0.758. The molecule has 3 rings (SSSR count). The molecule has 1 heterocycles. The summed E-state index contributed by atoms with van der Waals surface area (Å²) in [5.41, 5.74) is 2.62. The molecule has 1 aliphatic heterocycles. The topological polar surface area (TPSA) is 15.3 Å². The van der Waals surface area contributed by atoms with Gasteiger partial charge in [-0.15, -0.1) is 0 Å². The Labute approximate surface area is 108 Å². The third-order valence-electron chi connectivity index (χ3n) is 4.37. The van der Waals surface area contributed by atoms with E-state index >= 15 is 0 Å². The Balaban J connectivity index is 1.91. The predicted molar refractivity (Wildman–Crippen MR) is 72.6 cm³/mol. The average molecular weight is 248 g/mol. The van der Waals surface area contributed by atoms with Gasteiger partial charge in [-0.2, -0.15) is 0 Å². The number of nitrogens with zero attached hydrogens (tertiary/aromatic N) is 1. The van der Waals surface area contributed by atoms with Crippen molar-refractivity contribution in [2.45, 2.75) is 31.8 Å². The first kappa shape index (κ1) is 12.0. The van der Waals surface area contributed by atoms with Gasteiger partial charge in [-0.25, -0.2) is 4.39 Å². The van der Waals surface area contributed by atoms with E-state index in [1.54, 1.807) is 0 Å². The summed E-state index contributed by atoms with van der Waals surface area (Å²) < 4.78 is 12.8. The molecule has 18 heavy (non-hydrogen) atoms. The van der Waals surface area contributed by atoms with Crippen molar-refractivity contribution >= 4 is 5.69 Å². The molecule has 98 valence electrons. The second kappa shape index (κ2) is 4.54. The summed E-state index contributed by atoms with van der Waals surface area (Å²) in [6, 6.07) is 8.37. The number of rotatable bonds is 3. The van der Waals surface area contributed by atoms with Crippen molar-refractivity contribution in [1.82, 2.24) is 5.32 Å². The highest BCUT2D eigenvalue weighted by molar-refractivity contribution is 5.55. The molecule has 1 unspecified atom stereocenters. The molecule has 1 saturated carbocycles. The van der Waals surface area contributed by atoms with Crippen LogP contribution in [0.4, 0.5) is 10.1 Å². The molecule has 2 aliphatic rings. The van der Waals surface area contributed by atoms with Crippen LogP contribution in [-0.2, 0) is 6.54 Å². The highest BCUT2D eigenvalue weighted by atomic mass is 19.1. The summed E-state index contributed by atoms with van der Waals surface area (Å²) in [7, 11) is 0. The number of hydrogen-bond donors (Lipinski definition) is 1. The maximum atomic E-state index is 12.8. The maximum Gasteiger partial charge on any atom is 0.107 e. The first-order valence-electron chi connectivity index (χ1n) is 6.87. The van der Waals surface area contributed by atoms with Gasteiger partial charge in [0.05, 0.1) is 0 Å². The van der Waals surface area contributed by atoms with Crippen LogP contribution in [0, 0.1) is 5.92 Å². The van der Waals surface area contributed by atoms with Crippen molar-refractivity contribution in [3.05, 3.63) is 29.8 Å². The number of fused-ring (bicyclic) bond motifs is 1. The quantitative estimate of drug-likeness (QED) is 0.885. The van der Waals surface area contributed by atoms with Gasteiger partial charge in [0, 0.05) is 30.9 Å². The molecule has 1 aromatic carbocycles. The zero-order valence-corrected chi connectivity index (χ0v) is 11.0. The van der Waals surface area contributed by atoms with E-state index in [4.69, 9.17) is 0 Å². The van der Waals surface area contributed by atoms with Gasteiger partial charge in [0.1, 0.15) is 6.67 Å². The zero-order chi connectivity index (χ0) is 12.6. The Hall–Kier alpha value is -1.09. The molecule has 1 atom stereocenters. The van der Waals surface area contributed by atoms with Crippen LogP contribution in [-0.4, -0.2) is 25.3 Å². The first-order valence-corrected chi connectivity index (χ1v) is 6.87. The number of halogens is 1. The van der Waals surface area contributed by atoms with E-state index in [2.05, 4.69) is 35.3 Å². The Kier molecular flexibility index (Phi) is 3.02. The highest BCUT2D eigenvalue weighted by Crippen LogP contribution is 2.42. The largest absolute Gasteiger partial charge is 0.367 e. The van der Waals surface area contributed by atoms with Gasteiger partial charge in [0.15, 0.2) is 0 Å². The Morgan fingerprint density at radius 3 is 2.89 bits per heavy atom. The third kappa shape index (κ3) is 2.12. The molecule has 1 N–H and O–H groups in total. The maximum absolute atomic E-state index is 12.8. The predicted octanol–water partition coefficient (Wildman–Crippen LogP) is 2.73. The monoisotopic (exact) mass is 248 g/mol. The van der Waals surface area contributed by atoms with Crippen LogP contribution in [0.15, 0.2) is 24.3 Å². The lowest BCUT2D eigenvalue weighted by Crippen LogP contribution is -2.51. The molecule has 1 aromatic rings. The molecule has 0 spiro atoms. The molecule has 2 nitrogen and oxygen atoms in total. The molecular formula is C15H21FN2. The van der Waals surface area contributed by atoms with E-state index in [0.29, 0.717) is 6.54 Å². The van der Waals surface area contributed by atoms with Crippen molar-refractivity contribution in [3.8, 4) is 0 Å². The Bertz CT molecular complexity index is 430. The van der Waals surface area contributed by atoms with Crippen molar-refractivity contribution in [1.29, 1.82) is 0 Å². The number of benzene rings is 1. The van der Waals surface area contributed by atoms with E-state index in [0.717, 1.165) is 19.0 Å². The lowest BCUT2D eigenvalue weighted by molar-refractivity contribution is 0.313. The lowest BCUT2D eigenvalue weighted by Gasteiger charge is -2.35. The smallest absolute Gasteiger partial charge is 0.107 e. The Morgan fingerprint density at radius 1 is 1.39 bits per heavy atom. The fourth-order valence-electron chi connectivity index (χ4n) is 3.10. The van der Waals surface area contributed by atoms with E-state index in [9.17, 15) is 4.39 Å². The van der Waals surface area contributed by atoms with E-state index in [1.165, 1.54) is 24.1 Å². The summed E-state index contributed by atoms with van der Waals surface area (Å²) in [5, 5.41) is 3.70. The summed E-state index contributed by atoms with van der Waals surface area (Å²) in [6.07, 6.45) is 2.62. The van der Waals surface area contributed by atoms with Gasteiger partial charge in [-0.1, -0.05) is 18.2 Å².